The summed E-state index contributed by atoms with van der Waals surface area (Å²) in [5, 5.41) is 6.21. The lowest BCUT2D eigenvalue weighted by molar-refractivity contribution is 0.439. The SMILES string of the molecule is Cc1ccc(-c2c(-c3sccc3C)noc2N)cc1C. The summed E-state index contributed by atoms with van der Waals surface area (Å²) in [6.45, 7) is 6.26. The molecule has 20 heavy (non-hydrogen) atoms. The van der Waals surface area contributed by atoms with Gasteiger partial charge in [0.2, 0.25) is 5.88 Å². The van der Waals surface area contributed by atoms with Gasteiger partial charge in [0.05, 0.1) is 10.4 Å². The van der Waals surface area contributed by atoms with E-state index in [1.807, 2.05) is 0 Å². The number of hydrogen-bond donors (Lipinski definition) is 1. The van der Waals surface area contributed by atoms with E-state index in [0.29, 0.717) is 5.88 Å². The molecule has 0 spiro atoms. The van der Waals surface area contributed by atoms with Gasteiger partial charge in [0.1, 0.15) is 5.69 Å². The summed E-state index contributed by atoms with van der Waals surface area (Å²) in [5.74, 6) is 0.371. The van der Waals surface area contributed by atoms with Crippen LogP contribution in [0.5, 0.6) is 0 Å². The second kappa shape index (κ2) is 4.80. The minimum Gasteiger partial charge on any atom is -0.367 e. The van der Waals surface area contributed by atoms with Crippen molar-refractivity contribution in [1.29, 1.82) is 0 Å². The molecule has 0 aliphatic rings. The van der Waals surface area contributed by atoms with Crippen LogP contribution in [0.3, 0.4) is 0 Å². The van der Waals surface area contributed by atoms with E-state index in [2.05, 4.69) is 55.6 Å². The van der Waals surface area contributed by atoms with Crippen molar-refractivity contribution in [2.75, 3.05) is 5.73 Å². The van der Waals surface area contributed by atoms with Crippen molar-refractivity contribution in [3.05, 3.63) is 46.3 Å². The highest BCUT2D eigenvalue weighted by Crippen LogP contribution is 2.40. The number of aryl methyl sites for hydroxylation is 3. The standard InChI is InChI=1S/C16H16N2OS/c1-9-4-5-12(8-11(9)3)13-14(18-19-16(13)17)15-10(2)6-7-20-15/h4-8H,17H2,1-3H3. The average molecular weight is 284 g/mol. The zero-order valence-electron chi connectivity index (χ0n) is 11.7. The van der Waals surface area contributed by atoms with Gasteiger partial charge in [-0.25, -0.2) is 0 Å². The predicted octanol–water partition coefficient (Wildman–Crippen LogP) is 4.58. The molecule has 0 amide bonds. The zero-order valence-corrected chi connectivity index (χ0v) is 12.5. The summed E-state index contributed by atoms with van der Waals surface area (Å²) < 4.78 is 5.23. The molecule has 3 rings (SSSR count). The van der Waals surface area contributed by atoms with Crippen LogP contribution in [0.25, 0.3) is 21.7 Å². The molecule has 0 aliphatic carbocycles. The van der Waals surface area contributed by atoms with Crippen LogP contribution in [0.15, 0.2) is 34.2 Å². The number of aromatic nitrogens is 1. The molecular weight excluding hydrogens is 268 g/mol. The highest BCUT2D eigenvalue weighted by Gasteiger charge is 2.19. The van der Waals surface area contributed by atoms with Gasteiger partial charge in [0, 0.05) is 0 Å². The number of anilines is 1. The summed E-state index contributed by atoms with van der Waals surface area (Å²) in [7, 11) is 0. The molecule has 3 aromatic rings. The Bertz CT molecular complexity index is 771. The van der Waals surface area contributed by atoms with Crippen LogP contribution < -0.4 is 5.73 Å². The molecule has 102 valence electrons. The topological polar surface area (TPSA) is 52.0 Å². The molecule has 3 nitrogen and oxygen atoms in total. The van der Waals surface area contributed by atoms with E-state index in [9.17, 15) is 0 Å². The van der Waals surface area contributed by atoms with Crippen LogP contribution in [0, 0.1) is 20.8 Å². The molecule has 2 heterocycles. The average Bonchev–Trinajstić information content (AvgIpc) is 2.99. The van der Waals surface area contributed by atoms with Gasteiger partial charge in [-0.1, -0.05) is 23.4 Å². The summed E-state index contributed by atoms with van der Waals surface area (Å²) in [6.07, 6.45) is 0. The Morgan fingerprint density at radius 2 is 1.85 bits per heavy atom. The summed E-state index contributed by atoms with van der Waals surface area (Å²) >= 11 is 1.65. The van der Waals surface area contributed by atoms with E-state index in [0.717, 1.165) is 21.7 Å². The molecule has 0 atom stereocenters. The molecule has 0 bridgehead atoms. The Labute approximate surface area is 122 Å². The first kappa shape index (κ1) is 12.9. The number of rotatable bonds is 2. The van der Waals surface area contributed by atoms with E-state index in [1.165, 1.54) is 16.7 Å². The number of thiophene rings is 1. The molecule has 0 fully saturated rings. The van der Waals surface area contributed by atoms with Gasteiger partial charge in [-0.3, -0.25) is 0 Å². The number of nitrogens with zero attached hydrogens (tertiary/aromatic N) is 1. The zero-order chi connectivity index (χ0) is 14.3. The highest BCUT2D eigenvalue weighted by molar-refractivity contribution is 7.13. The summed E-state index contributed by atoms with van der Waals surface area (Å²) in [5.41, 5.74) is 12.4. The normalized spacial score (nSPS) is 10.9. The van der Waals surface area contributed by atoms with Crippen molar-refractivity contribution >= 4 is 17.2 Å². The monoisotopic (exact) mass is 284 g/mol. The molecule has 0 saturated carbocycles. The van der Waals surface area contributed by atoms with E-state index in [1.54, 1.807) is 11.3 Å². The minimum absolute atomic E-state index is 0.371. The maximum atomic E-state index is 5.99. The third-order valence-corrected chi connectivity index (χ3v) is 4.61. The van der Waals surface area contributed by atoms with Crippen molar-refractivity contribution in [3.8, 4) is 21.7 Å². The van der Waals surface area contributed by atoms with Crippen LogP contribution in [0.4, 0.5) is 5.88 Å². The summed E-state index contributed by atoms with van der Waals surface area (Å²) in [6, 6.07) is 8.37. The molecule has 1 aromatic carbocycles. The van der Waals surface area contributed by atoms with Gasteiger partial charge in [-0.15, -0.1) is 11.3 Å². The van der Waals surface area contributed by atoms with E-state index in [-0.39, 0.29) is 0 Å². The molecule has 2 aromatic heterocycles. The largest absolute Gasteiger partial charge is 0.367 e. The Morgan fingerprint density at radius 1 is 1.05 bits per heavy atom. The first-order valence-electron chi connectivity index (χ1n) is 6.45. The predicted molar refractivity (Wildman–Crippen MR) is 83.9 cm³/mol. The van der Waals surface area contributed by atoms with Crippen LogP contribution >= 0.6 is 11.3 Å². The van der Waals surface area contributed by atoms with E-state index >= 15 is 0 Å². The molecule has 2 N–H and O–H groups in total. The molecule has 4 heteroatoms. The lowest BCUT2D eigenvalue weighted by Gasteiger charge is -2.05. The number of nitrogen functional groups attached to an aromatic ring is 1. The fourth-order valence-electron chi connectivity index (χ4n) is 2.25. The van der Waals surface area contributed by atoms with Crippen LogP contribution in [0.2, 0.25) is 0 Å². The van der Waals surface area contributed by atoms with Crippen molar-refractivity contribution in [2.45, 2.75) is 20.8 Å². The van der Waals surface area contributed by atoms with Gasteiger partial charge in [0.25, 0.3) is 0 Å². The lowest BCUT2D eigenvalue weighted by atomic mass is 9.99. The molecule has 0 unspecified atom stereocenters. The molecule has 0 saturated heterocycles. The van der Waals surface area contributed by atoms with Crippen molar-refractivity contribution < 1.29 is 4.52 Å². The highest BCUT2D eigenvalue weighted by atomic mass is 32.1. The first-order valence-corrected chi connectivity index (χ1v) is 7.33. The second-order valence-electron chi connectivity index (χ2n) is 5.00. The third kappa shape index (κ3) is 2.02. The quantitative estimate of drug-likeness (QED) is 0.749. The minimum atomic E-state index is 0.371. The number of benzene rings is 1. The van der Waals surface area contributed by atoms with Crippen LogP contribution in [-0.2, 0) is 0 Å². The van der Waals surface area contributed by atoms with Crippen LogP contribution in [0.1, 0.15) is 16.7 Å². The number of hydrogen-bond acceptors (Lipinski definition) is 4. The Balaban J connectivity index is 2.21. The van der Waals surface area contributed by atoms with Crippen molar-refractivity contribution in [2.24, 2.45) is 0 Å². The van der Waals surface area contributed by atoms with Gasteiger partial charge < -0.3 is 10.3 Å². The molecular formula is C16H16N2OS. The second-order valence-corrected chi connectivity index (χ2v) is 5.92. The van der Waals surface area contributed by atoms with Gasteiger partial charge in [-0.2, -0.15) is 0 Å². The molecule has 0 aliphatic heterocycles. The maximum Gasteiger partial charge on any atom is 0.230 e. The fourth-order valence-corrected chi connectivity index (χ4v) is 3.16. The Hall–Kier alpha value is -2.07. The van der Waals surface area contributed by atoms with E-state index in [4.69, 9.17) is 10.3 Å². The Morgan fingerprint density at radius 3 is 2.50 bits per heavy atom. The maximum absolute atomic E-state index is 5.99. The van der Waals surface area contributed by atoms with Gasteiger partial charge in [-0.05, 0) is 54.5 Å². The van der Waals surface area contributed by atoms with E-state index < -0.39 is 0 Å². The Kier molecular flexibility index (Phi) is 3.10. The third-order valence-electron chi connectivity index (χ3n) is 3.59. The lowest BCUT2D eigenvalue weighted by Crippen LogP contribution is -1.89. The fraction of sp³-hybridized carbons (Fsp3) is 0.188. The van der Waals surface area contributed by atoms with Crippen molar-refractivity contribution in [3.63, 3.8) is 0 Å². The van der Waals surface area contributed by atoms with Crippen molar-refractivity contribution in [1.82, 2.24) is 5.16 Å². The smallest absolute Gasteiger partial charge is 0.230 e. The summed E-state index contributed by atoms with van der Waals surface area (Å²) in [4.78, 5) is 1.11. The molecule has 0 radical (unpaired) electrons. The van der Waals surface area contributed by atoms with Gasteiger partial charge in [0.15, 0.2) is 0 Å². The van der Waals surface area contributed by atoms with Gasteiger partial charge >= 0.3 is 0 Å². The number of nitrogens with two attached hydrogens (primary N) is 1. The first-order chi connectivity index (χ1) is 9.58. The van der Waals surface area contributed by atoms with Crippen LogP contribution in [-0.4, -0.2) is 5.16 Å².